The zero-order valence-electron chi connectivity index (χ0n) is 9.94. The molecule has 0 aliphatic heterocycles. The smallest absolute Gasteiger partial charge is 0.193 e. The first-order valence-corrected chi connectivity index (χ1v) is 6.86. The molecule has 2 aromatic rings. The maximum atomic E-state index is 4.56. The fourth-order valence-electron chi connectivity index (χ4n) is 1.91. The van der Waals surface area contributed by atoms with E-state index in [2.05, 4.69) is 46.3 Å². The van der Waals surface area contributed by atoms with Crippen LogP contribution in [0.25, 0.3) is 4.96 Å². The highest BCUT2D eigenvalue weighted by Crippen LogP contribution is 2.11. The topological polar surface area (TPSA) is 29.3 Å². The van der Waals surface area contributed by atoms with E-state index < -0.39 is 0 Å². The van der Waals surface area contributed by atoms with Crippen LogP contribution in [0.5, 0.6) is 0 Å². The maximum absolute atomic E-state index is 4.56. The molecule has 0 bridgehead atoms. The van der Waals surface area contributed by atoms with E-state index in [0.717, 1.165) is 17.2 Å². The molecule has 0 aliphatic rings. The van der Waals surface area contributed by atoms with Crippen LogP contribution in [0, 0.1) is 0 Å². The molecule has 1 atom stereocenters. The number of nitrogens with one attached hydrogen (secondary N) is 1. The van der Waals surface area contributed by atoms with E-state index in [0.29, 0.717) is 6.04 Å². The summed E-state index contributed by atoms with van der Waals surface area (Å²) in [7, 11) is 0. The molecule has 0 fully saturated rings. The summed E-state index contributed by atoms with van der Waals surface area (Å²) in [5.41, 5.74) is 1.14. The predicted molar refractivity (Wildman–Crippen MR) is 68.9 cm³/mol. The highest BCUT2D eigenvalue weighted by molar-refractivity contribution is 7.15. The van der Waals surface area contributed by atoms with Gasteiger partial charge in [0.2, 0.25) is 0 Å². The van der Waals surface area contributed by atoms with E-state index in [9.17, 15) is 0 Å². The minimum atomic E-state index is 0.629. The molecule has 0 aromatic carbocycles. The second-order valence-corrected chi connectivity index (χ2v) is 4.97. The Labute approximate surface area is 101 Å². The van der Waals surface area contributed by atoms with Crippen LogP contribution < -0.4 is 5.32 Å². The van der Waals surface area contributed by atoms with Crippen molar-refractivity contribution in [3.05, 3.63) is 23.5 Å². The van der Waals surface area contributed by atoms with E-state index in [-0.39, 0.29) is 0 Å². The van der Waals surface area contributed by atoms with Gasteiger partial charge in [-0.15, -0.1) is 11.3 Å². The van der Waals surface area contributed by atoms with Crippen LogP contribution in [0.3, 0.4) is 0 Å². The molecule has 0 spiro atoms. The van der Waals surface area contributed by atoms with Gasteiger partial charge in [0.05, 0.1) is 5.69 Å². The molecule has 0 aliphatic carbocycles. The van der Waals surface area contributed by atoms with Gasteiger partial charge >= 0.3 is 0 Å². The summed E-state index contributed by atoms with van der Waals surface area (Å²) >= 11 is 1.68. The lowest BCUT2D eigenvalue weighted by Crippen LogP contribution is -2.27. The third-order valence-corrected chi connectivity index (χ3v) is 3.62. The lowest BCUT2D eigenvalue weighted by Gasteiger charge is -2.14. The Hall–Kier alpha value is -0.870. The summed E-state index contributed by atoms with van der Waals surface area (Å²) in [5, 5.41) is 5.63. The van der Waals surface area contributed by atoms with Crippen LogP contribution in [0.1, 0.15) is 38.8 Å². The first-order chi connectivity index (χ1) is 7.83. The second kappa shape index (κ2) is 5.46. The molecule has 4 heteroatoms. The lowest BCUT2D eigenvalue weighted by molar-refractivity contribution is 0.460. The third kappa shape index (κ3) is 2.62. The number of hydrogen-bond acceptors (Lipinski definition) is 3. The number of nitrogens with zero attached hydrogens (tertiary/aromatic N) is 2. The van der Waals surface area contributed by atoms with Crippen LogP contribution >= 0.6 is 11.3 Å². The van der Waals surface area contributed by atoms with E-state index >= 15 is 0 Å². The monoisotopic (exact) mass is 237 g/mol. The summed E-state index contributed by atoms with van der Waals surface area (Å²) in [6.45, 7) is 5.35. The predicted octanol–water partition coefficient (Wildman–Crippen LogP) is 3.06. The Morgan fingerprint density at radius 2 is 2.38 bits per heavy atom. The highest BCUT2D eigenvalue weighted by Gasteiger charge is 2.06. The quantitative estimate of drug-likeness (QED) is 0.836. The van der Waals surface area contributed by atoms with Crippen LogP contribution in [0.15, 0.2) is 17.8 Å². The molecule has 1 N–H and O–H groups in total. The fourth-order valence-corrected chi connectivity index (χ4v) is 2.63. The van der Waals surface area contributed by atoms with Crippen molar-refractivity contribution in [3.8, 4) is 0 Å². The summed E-state index contributed by atoms with van der Waals surface area (Å²) in [5.74, 6) is 0. The van der Waals surface area contributed by atoms with Crippen molar-refractivity contribution in [3.63, 3.8) is 0 Å². The molecule has 2 heterocycles. The normalized spacial score (nSPS) is 13.4. The minimum absolute atomic E-state index is 0.629. The van der Waals surface area contributed by atoms with Gasteiger partial charge in [0.25, 0.3) is 0 Å². The van der Waals surface area contributed by atoms with Crippen LogP contribution in [-0.2, 0) is 6.54 Å². The molecular weight excluding hydrogens is 218 g/mol. The lowest BCUT2D eigenvalue weighted by atomic mass is 10.1. The number of rotatable bonds is 6. The standard InChI is InChI=1S/C12H19N3S/c1-3-5-10(4-2)13-8-11-9-15-6-7-16-12(15)14-11/h6-7,9-10,13H,3-5,8H2,1-2H3. The van der Waals surface area contributed by atoms with Gasteiger partial charge < -0.3 is 5.32 Å². The van der Waals surface area contributed by atoms with Gasteiger partial charge in [-0.3, -0.25) is 4.40 Å². The average molecular weight is 237 g/mol. The summed E-state index contributed by atoms with van der Waals surface area (Å²) in [4.78, 5) is 5.64. The maximum Gasteiger partial charge on any atom is 0.193 e. The molecule has 1 unspecified atom stereocenters. The molecule has 88 valence electrons. The zero-order valence-corrected chi connectivity index (χ0v) is 10.8. The van der Waals surface area contributed by atoms with Gasteiger partial charge in [0.1, 0.15) is 0 Å². The van der Waals surface area contributed by atoms with Gasteiger partial charge in [0, 0.05) is 30.4 Å². The molecule has 2 aromatic heterocycles. The largest absolute Gasteiger partial charge is 0.308 e. The van der Waals surface area contributed by atoms with Crippen LogP contribution in [0.4, 0.5) is 0 Å². The Kier molecular flexibility index (Phi) is 3.96. The van der Waals surface area contributed by atoms with E-state index in [1.807, 2.05) is 0 Å². The van der Waals surface area contributed by atoms with E-state index in [1.165, 1.54) is 19.3 Å². The zero-order chi connectivity index (χ0) is 11.4. The Bertz CT molecular complexity index is 404. The van der Waals surface area contributed by atoms with Gasteiger partial charge in [-0.25, -0.2) is 4.98 Å². The Morgan fingerprint density at radius 3 is 3.06 bits per heavy atom. The number of aromatic nitrogens is 2. The van der Waals surface area contributed by atoms with E-state index in [1.54, 1.807) is 11.3 Å². The van der Waals surface area contributed by atoms with Crippen molar-refractivity contribution in [2.45, 2.75) is 45.7 Å². The average Bonchev–Trinajstić information content (AvgIpc) is 2.84. The first-order valence-electron chi connectivity index (χ1n) is 5.98. The molecule has 0 radical (unpaired) electrons. The van der Waals surface area contributed by atoms with Gasteiger partial charge in [-0.05, 0) is 12.8 Å². The van der Waals surface area contributed by atoms with Crippen molar-refractivity contribution in [2.75, 3.05) is 0 Å². The summed E-state index contributed by atoms with van der Waals surface area (Å²) < 4.78 is 2.09. The van der Waals surface area contributed by atoms with Gasteiger partial charge in [-0.1, -0.05) is 20.3 Å². The molecule has 3 nitrogen and oxygen atoms in total. The molecule has 0 saturated carbocycles. The Balaban J connectivity index is 1.92. The highest BCUT2D eigenvalue weighted by atomic mass is 32.1. The minimum Gasteiger partial charge on any atom is -0.308 e. The van der Waals surface area contributed by atoms with Crippen molar-refractivity contribution in [1.29, 1.82) is 0 Å². The van der Waals surface area contributed by atoms with E-state index in [4.69, 9.17) is 0 Å². The number of imidazole rings is 1. The molecule has 0 saturated heterocycles. The van der Waals surface area contributed by atoms with Crippen molar-refractivity contribution in [2.24, 2.45) is 0 Å². The van der Waals surface area contributed by atoms with Gasteiger partial charge in [-0.2, -0.15) is 0 Å². The van der Waals surface area contributed by atoms with Gasteiger partial charge in [0.15, 0.2) is 4.96 Å². The van der Waals surface area contributed by atoms with Crippen molar-refractivity contribution >= 4 is 16.3 Å². The number of fused-ring (bicyclic) bond motifs is 1. The van der Waals surface area contributed by atoms with Crippen LogP contribution in [-0.4, -0.2) is 15.4 Å². The number of hydrogen-bond donors (Lipinski definition) is 1. The SMILES string of the molecule is CCCC(CC)NCc1cn2ccsc2n1. The van der Waals surface area contributed by atoms with Crippen LogP contribution in [0.2, 0.25) is 0 Å². The molecular formula is C12H19N3S. The van der Waals surface area contributed by atoms with Crippen molar-refractivity contribution in [1.82, 2.24) is 14.7 Å². The molecule has 2 rings (SSSR count). The first kappa shape index (κ1) is 11.6. The Morgan fingerprint density at radius 1 is 1.50 bits per heavy atom. The third-order valence-electron chi connectivity index (χ3n) is 2.84. The second-order valence-electron chi connectivity index (χ2n) is 4.10. The molecule has 16 heavy (non-hydrogen) atoms. The van der Waals surface area contributed by atoms with Crippen molar-refractivity contribution < 1.29 is 0 Å². The fraction of sp³-hybridized carbons (Fsp3) is 0.583. The summed E-state index contributed by atoms with van der Waals surface area (Å²) in [6, 6.07) is 0.629. The summed E-state index contributed by atoms with van der Waals surface area (Å²) in [6.07, 6.45) is 7.84. The number of thiazole rings is 1. The molecule has 0 amide bonds.